The van der Waals surface area contributed by atoms with Crippen LogP contribution in [-0.4, -0.2) is 27.4 Å². The number of imidazole rings is 1. The highest BCUT2D eigenvalue weighted by atomic mass is 19.2. The van der Waals surface area contributed by atoms with Crippen molar-refractivity contribution in [1.82, 2.24) is 9.55 Å². The number of benzene rings is 2. The van der Waals surface area contributed by atoms with Gasteiger partial charge in [0.25, 0.3) is 5.91 Å². The number of hydrogen-bond donors (Lipinski definition) is 1. The number of carbonyl (C=O) groups excluding carboxylic acids is 2. The van der Waals surface area contributed by atoms with E-state index in [1.165, 1.54) is 6.07 Å². The zero-order chi connectivity index (χ0) is 21.5. The van der Waals surface area contributed by atoms with E-state index >= 15 is 0 Å². The maximum absolute atomic E-state index is 13.5. The smallest absolute Gasteiger partial charge is 0.253 e. The Balaban J connectivity index is 1.46. The van der Waals surface area contributed by atoms with Crippen LogP contribution in [0.3, 0.4) is 0 Å². The Morgan fingerprint density at radius 2 is 1.84 bits per heavy atom. The number of halogens is 2. The summed E-state index contributed by atoms with van der Waals surface area (Å²) in [4.78, 5) is 32.6. The van der Waals surface area contributed by atoms with Crippen molar-refractivity contribution in [3.05, 3.63) is 54.1 Å². The summed E-state index contributed by atoms with van der Waals surface area (Å²) in [5.41, 5.74) is 1.72. The molecule has 6 nitrogen and oxygen atoms in total. The minimum Gasteiger partial charge on any atom is -0.326 e. The summed E-state index contributed by atoms with van der Waals surface area (Å²) in [6.45, 7) is 0. The third kappa shape index (κ3) is 3.45. The molecule has 1 aliphatic heterocycles. The lowest BCUT2D eigenvalue weighted by molar-refractivity contribution is -0.125. The average molecular weight is 424 g/mol. The molecule has 0 unspecified atom stereocenters. The van der Waals surface area contributed by atoms with Crippen LogP contribution in [0.5, 0.6) is 0 Å². The van der Waals surface area contributed by atoms with Crippen LogP contribution >= 0.6 is 0 Å². The second kappa shape index (κ2) is 7.76. The van der Waals surface area contributed by atoms with Gasteiger partial charge in [-0.15, -0.1) is 0 Å². The van der Waals surface area contributed by atoms with Crippen LogP contribution in [0.15, 0.2) is 42.5 Å². The molecule has 0 spiro atoms. The molecule has 160 valence electrons. The molecule has 3 aromatic rings. The van der Waals surface area contributed by atoms with E-state index in [9.17, 15) is 18.4 Å². The lowest BCUT2D eigenvalue weighted by Crippen LogP contribution is -2.41. The maximum Gasteiger partial charge on any atom is 0.253 e. The normalized spacial score (nSPS) is 19.1. The zero-order valence-corrected chi connectivity index (χ0v) is 16.9. The molecule has 31 heavy (non-hydrogen) atoms. The number of nitrogens with zero attached hydrogens (tertiary/aromatic N) is 3. The molecule has 1 saturated carbocycles. The summed E-state index contributed by atoms with van der Waals surface area (Å²) in [7, 11) is 0. The molecule has 0 bridgehead atoms. The van der Waals surface area contributed by atoms with Crippen molar-refractivity contribution >= 4 is 34.5 Å². The molecule has 2 heterocycles. The summed E-state index contributed by atoms with van der Waals surface area (Å²) < 4.78 is 28.5. The number of fused-ring (bicyclic) bond motifs is 3. The van der Waals surface area contributed by atoms with Crippen LogP contribution in [-0.2, 0) is 9.59 Å². The largest absolute Gasteiger partial charge is 0.326 e. The zero-order valence-electron chi connectivity index (χ0n) is 16.9. The number of para-hydroxylation sites is 2. The van der Waals surface area contributed by atoms with Gasteiger partial charge in [-0.25, -0.2) is 13.8 Å². The summed E-state index contributed by atoms with van der Waals surface area (Å²) >= 11 is 0. The Labute approximate surface area is 177 Å². The van der Waals surface area contributed by atoms with E-state index in [4.69, 9.17) is 4.98 Å². The first-order chi connectivity index (χ1) is 15.0. The topological polar surface area (TPSA) is 67.2 Å². The summed E-state index contributed by atoms with van der Waals surface area (Å²) in [6.07, 6.45) is 5.01. The highest BCUT2D eigenvalue weighted by Gasteiger charge is 2.44. The molecule has 8 heteroatoms. The summed E-state index contributed by atoms with van der Waals surface area (Å²) in [5.74, 6) is -2.02. The fourth-order valence-electron chi connectivity index (χ4n) is 4.70. The number of carbonyl (C=O) groups is 2. The molecule has 1 fully saturated rings. The first-order valence-corrected chi connectivity index (χ1v) is 10.6. The van der Waals surface area contributed by atoms with E-state index in [2.05, 4.69) is 5.32 Å². The molecule has 2 aromatic carbocycles. The van der Waals surface area contributed by atoms with Crippen LogP contribution in [0.4, 0.5) is 20.4 Å². The van der Waals surface area contributed by atoms with Crippen molar-refractivity contribution in [3.63, 3.8) is 0 Å². The lowest BCUT2D eigenvalue weighted by atomic mass is 9.94. The fourth-order valence-corrected chi connectivity index (χ4v) is 4.70. The highest BCUT2D eigenvalue weighted by molar-refractivity contribution is 6.05. The standard InChI is InChI=1S/C23H22F2N4O2/c24-16-11-10-14(12-17(16)25)26-21(30)13-20-22(31)28(15-6-2-1-3-7-15)23-27-18-8-4-5-9-19(18)29(20)23/h4-5,8-12,15,20H,1-3,6-7,13H2,(H,26,30)/t20-/m1/s1. The number of anilines is 2. The summed E-state index contributed by atoms with van der Waals surface area (Å²) in [6, 6.07) is 10.1. The van der Waals surface area contributed by atoms with E-state index in [-0.39, 0.29) is 24.1 Å². The van der Waals surface area contributed by atoms with Crippen molar-refractivity contribution in [2.45, 2.75) is 50.6 Å². The quantitative estimate of drug-likeness (QED) is 0.668. The van der Waals surface area contributed by atoms with Gasteiger partial charge in [-0.05, 0) is 37.1 Å². The van der Waals surface area contributed by atoms with Crippen molar-refractivity contribution in [2.24, 2.45) is 0 Å². The Kier molecular flexibility index (Phi) is 4.92. The van der Waals surface area contributed by atoms with Crippen LogP contribution in [0.2, 0.25) is 0 Å². The van der Waals surface area contributed by atoms with Gasteiger partial charge >= 0.3 is 0 Å². The van der Waals surface area contributed by atoms with Gasteiger partial charge in [-0.3, -0.25) is 19.1 Å². The first-order valence-electron chi connectivity index (χ1n) is 10.6. The van der Waals surface area contributed by atoms with Crippen molar-refractivity contribution in [3.8, 4) is 0 Å². The number of aromatic nitrogens is 2. The van der Waals surface area contributed by atoms with E-state index in [1.54, 1.807) is 4.90 Å². The van der Waals surface area contributed by atoms with E-state index in [0.717, 1.165) is 55.3 Å². The van der Waals surface area contributed by atoms with Crippen molar-refractivity contribution < 1.29 is 18.4 Å². The predicted octanol–water partition coefficient (Wildman–Crippen LogP) is 4.56. The first kappa shape index (κ1) is 19.7. The maximum atomic E-state index is 13.5. The van der Waals surface area contributed by atoms with Crippen LogP contribution < -0.4 is 10.2 Å². The SMILES string of the molecule is O=C(C[C@@H]1C(=O)N(C2CCCCC2)c2nc3ccccc3n21)Nc1ccc(F)c(F)c1. The van der Waals surface area contributed by atoms with Gasteiger partial charge in [0.15, 0.2) is 11.6 Å². The van der Waals surface area contributed by atoms with Gasteiger partial charge < -0.3 is 5.32 Å². The molecule has 5 rings (SSSR count). The number of rotatable bonds is 4. The van der Waals surface area contributed by atoms with E-state index in [1.807, 2.05) is 28.8 Å². The molecule has 1 N–H and O–H groups in total. The molecule has 2 aliphatic rings. The van der Waals surface area contributed by atoms with Gasteiger partial charge in [0.1, 0.15) is 6.04 Å². The Morgan fingerprint density at radius 3 is 2.61 bits per heavy atom. The van der Waals surface area contributed by atoms with Crippen molar-refractivity contribution in [1.29, 1.82) is 0 Å². The minimum absolute atomic E-state index is 0.0797. The van der Waals surface area contributed by atoms with Crippen LogP contribution in [0.25, 0.3) is 11.0 Å². The predicted molar refractivity (Wildman–Crippen MR) is 113 cm³/mol. The van der Waals surface area contributed by atoms with Crippen LogP contribution in [0.1, 0.15) is 44.6 Å². The number of nitrogens with one attached hydrogen (secondary N) is 1. The fraction of sp³-hybridized carbons (Fsp3) is 0.348. The van der Waals surface area contributed by atoms with Crippen LogP contribution in [0, 0.1) is 11.6 Å². The third-order valence-corrected chi connectivity index (χ3v) is 6.15. The molecular weight excluding hydrogens is 402 g/mol. The van der Waals surface area contributed by atoms with Gasteiger partial charge in [0, 0.05) is 17.8 Å². The van der Waals surface area contributed by atoms with Crippen molar-refractivity contribution in [2.75, 3.05) is 10.2 Å². The van der Waals surface area contributed by atoms with Gasteiger partial charge in [0.05, 0.1) is 17.5 Å². The second-order valence-corrected chi connectivity index (χ2v) is 8.17. The van der Waals surface area contributed by atoms with E-state index in [0.29, 0.717) is 5.95 Å². The third-order valence-electron chi connectivity index (χ3n) is 6.15. The van der Waals surface area contributed by atoms with Gasteiger partial charge in [0.2, 0.25) is 11.9 Å². The molecule has 1 aliphatic carbocycles. The molecule has 2 amide bonds. The molecule has 1 atom stereocenters. The Hall–Kier alpha value is -3.29. The number of amides is 2. The second-order valence-electron chi connectivity index (χ2n) is 8.17. The molecule has 1 aromatic heterocycles. The highest BCUT2D eigenvalue weighted by Crippen LogP contribution is 2.40. The number of hydrogen-bond acceptors (Lipinski definition) is 3. The van der Waals surface area contributed by atoms with Gasteiger partial charge in [-0.1, -0.05) is 31.4 Å². The van der Waals surface area contributed by atoms with E-state index < -0.39 is 23.6 Å². The van der Waals surface area contributed by atoms with Gasteiger partial charge in [-0.2, -0.15) is 0 Å². The molecule has 0 saturated heterocycles. The summed E-state index contributed by atoms with van der Waals surface area (Å²) in [5, 5.41) is 2.57. The Bertz CT molecular complexity index is 1170. The lowest BCUT2D eigenvalue weighted by Gasteiger charge is -2.30. The monoisotopic (exact) mass is 424 g/mol. The average Bonchev–Trinajstić information content (AvgIpc) is 3.26. The minimum atomic E-state index is -1.04. The molecular formula is C23H22F2N4O2. The Morgan fingerprint density at radius 1 is 1.06 bits per heavy atom. The molecule has 0 radical (unpaired) electrons.